The van der Waals surface area contributed by atoms with E-state index >= 15 is 0 Å². The average molecular weight is 471 g/mol. The van der Waals surface area contributed by atoms with Crippen LogP contribution in [0.1, 0.15) is 42.5 Å². The minimum Gasteiger partial charge on any atom is -0.492 e. The quantitative estimate of drug-likeness (QED) is 0.507. The number of nitrogens with one attached hydrogen (secondary N) is 1. The van der Waals surface area contributed by atoms with Crippen molar-refractivity contribution >= 4 is 21.6 Å². The minimum absolute atomic E-state index is 0.102. The number of aromatic nitrogens is 2. The van der Waals surface area contributed by atoms with E-state index in [-0.39, 0.29) is 10.8 Å². The second kappa shape index (κ2) is 10.2. The van der Waals surface area contributed by atoms with Crippen molar-refractivity contribution in [2.75, 3.05) is 25.0 Å². The number of anilines is 1. The lowest BCUT2D eigenvalue weighted by atomic mass is 10.2. The van der Waals surface area contributed by atoms with Crippen molar-refractivity contribution in [3.8, 4) is 11.4 Å². The Hall–Kier alpha value is -3.17. The highest BCUT2D eigenvalue weighted by molar-refractivity contribution is 7.89. The van der Waals surface area contributed by atoms with Crippen molar-refractivity contribution in [2.24, 2.45) is 0 Å². The smallest absolute Gasteiger partial charge is 0.255 e. The van der Waals surface area contributed by atoms with E-state index < -0.39 is 10.0 Å². The first-order valence-corrected chi connectivity index (χ1v) is 12.4. The molecular weight excluding hydrogens is 440 g/mol. The molecule has 3 aromatic rings. The summed E-state index contributed by atoms with van der Waals surface area (Å²) in [5.74, 6) is 0.0388. The predicted molar refractivity (Wildman–Crippen MR) is 129 cm³/mol. The van der Waals surface area contributed by atoms with Crippen LogP contribution >= 0.6 is 0 Å². The van der Waals surface area contributed by atoms with Crippen LogP contribution < -0.4 is 10.1 Å². The summed E-state index contributed by atoms with van der Waals surface area (Å²) in [5.41, 5.74) is 3.49. The first-order valence-electron chi connectivity index (χ1n) is 10.9. The Bertz CT molecular complexity index is 1230. The van der Waals surface area contributed by atoms with Crippen LogP contribution in [0.3, 0.4) is 0 Å². The maximum atomic E-state index is 12.9. The third-order valence-corrected chi connectivity index (χ3v) is 7.27. The van der Waals surface area contributed by atoms with Gasteiger partial charge in [-0.3, -0.25) is 4.79 Å². The Morgan fingerprint density at radius 3 is 2.24 bits per heavy atom. The Morgan fingerprint density at radius 1 is 1.03 bits per heavy atom. The van der Waals surface area contributed by atoms with Gasteiger partial charge in [0.25, 0.3) is 5.91 Å². The second-order valence-corrected chi connectivity index (χ2v) is 9.46. The van der Waals surface area contributed by atoms with Gasteiger partial charge in [-0.25, -0.2) is 13.1 Å². The second-order valence-electron chi connectivity index (χ2n) is 7.52. The van der Waals surface area contributed by atoms with Gasteiger partial charge in [0.2, 0.25) is 10.0 Å². The van der Waals surface area contributed by atoms with Gasteiger partial charge < -0.3 is 10.1 Å². The molecule has 2 aromatic carbocycles. The first kappa shape index (κ1) is 24.5. The van der Waals surface area contributed by atoms with Crippen molar-refractivity contribution in [3.63, 3.8) is 0 Å². The SMILES string of the molecule is CCOc1ccc(S(=O)(=O)N(CC)CC)cc1NC(=O)c1ccc(-n2nc(C)cc2C)cc1. The number of carbonyl (C=O) groups is 1. The zero-order valence-corrected chi connectivity index (χ0v) is 20.4. The van der Waals surface area contributed by atoms with Crippen molar-refractivity contribution in [3.05, 3.63) is 65.5 Å². The lowest BCUT2D eigenvalue weighted by Crippen LogP contribution is -2.30. The highest BCUT2D eigenvalue weighted by Gasteiger charge is 2.23. The Labute approximate surface area is 195 Å². The molecule has 3 rings (SSSR count). The summed E-state index contributed by atoms with van der Waals surface area (Å²) in [7, 11) is -3.68. The molecule has 0 fully saturated rings. The molecule has 0 saturated heterocycles. The molecule has 0 unspecified atom stereocenters. The Kier molecular flexibility index (Phi) is 7.55. The summed E-state index contributed by atoms with van der Waals surface area (Å²) in [5, 5.41) is 7.26. The molecular formula is C24H30N4O4S. The fourth-order valence-corrected chi connectivity index (χ4v) is 5.08. The number of aryl methyl sites for hydroxylation is 2. The minimum atomic E-state index is -3.68. The Balaban J connectivity index is 1.89. The van der Waals surface area contributed by atoms with Gasteiger partial charge in [-0.15, -0.1) is 0 Å². The number of amides is 1. The van der Waals surface area contributed by atoms with E-state index in [0.29, 0.717) is 36.7 Å². The van der Waals surface area contributed by atoms with E-state index in [1.54, 1.807) is 32.0 Å². The summed E-state index contributed by atoms with van der Waals surface area (Å²) in [6.07, 6.45) is 0. The summed E-state index contributed by atoms with van der Waals surface area (Å²) in [6.45, 7) is 10.4. The summed E-state index contributed by atoms with van der Waals surface area (Å²) < 4.78 is 34.7. The predicted octanol–water partition coefficient (Wildman–Crippen LogP) is 4.17. The van der Waals surface area contributed by atoms with Gasteiger partial charge in [0.05, 0.1) is 28.6 Å². The molecule has 9 heteroatoms. The molecule has 33 heavy (non-hydrogen) atoms. The molecule has 1 heterocycles. The van der Waals surface area contributed by atoms with Crippen LogP contribution in [0.2, 0.25) is 0 Å². The number of hydrogen-bond acceptors (Lipinski definition) is 5. The largest absolute Gasteiger partial charge is 0.492 e. The zero-order valence-electron chi connectivity index (χ0n) is 19.6. The van der Waals surface area contributed by atoms with Gasteiger partial charge in [0, 0.05) is 24.3 Å². The maximum absolute atomic E-state index is 12.9. The summed E-state index contributed by atoms with van der Waals surface area (Å²) >= 11 is 0. The number of ether oxygens (including phenoxy) is 1. The molecule has 0 atom stereocenters. The molecule has 0 radical (unpaired) electrons. The van der Waals surface area contributed by atoms with Gasteiger partial charge in [0.1, 0.15) is 5.75 Å². The van der Waals surface area contributed by atoms with E-state index in [0.717, 1.165) is 17.1 Å². The van der Waals surface area contributed by atoms with Crippen LogP contribution in [0, 0.1) is 13.8 Å². The standard InChI is InChI=1S/C24H30N4O4S/c1-6-27(7-2)33(30,31)21-13-14-23(32-8-3)22(16-21)25-24(29)19-9-11-20(12-10-19)28-18(5)15-17(4)26-28/h9-16H,6-8H2,1-5H3,(H,25,29). The number of hydrogen-bond donors (Lipinski definition) is 1. The zero-order chi connectivity index (χ0) is 24.2. The summed E-state index contributed by atoms with van der Waals surface area (Å²) in [4.78, 5) is 13.0. The third kappa shape index (κ3) is 5.26. The number of rotatable bonds is 9. The normalized spacial score (nSPS) is 11.6. The van der Waals surface area contributed by atoms with Crippen LogP contribution in [0.15, 0.2) is 53.4 Å². The molecule has 0 aliphatic rings. The molecule has 1 aromatic heterocycles. The van der Waals surface area contributed by atoms with Crippen molar-refractivity contribution < 1.29 is 17.9 Å². The fraction of sp³-hybridized carbons (Fsp3) is 0.333. The molecule has 0 aliphatic carbocycles. The lowest BCUT2D eigenvalue weighted by Gasteiger charge is -2.20. The van der Waals surface area contributed by atoms with Crippen molar-refractivity contribution in [2.45, 2.75) is 39.5 Å². The Morgan fingerprint density at radius 2 is 1.70 bits per heavy atom. The average Bonchev–Trinajstić information content (AvgIpc) is 3.13. The van der Waals surface area contributed by atoms with Crippen molar-refractivity contribution in [1.29, 1.82) is 0 Å². The van der Waals surface area contributed by atoms with Crippen LogP contribution in [0.25, 0.3) is 5.69 Å². The third-order valence-electron chi connectivity index (χ3n) is 5.23. The van der Waals surface area contributed by atoms with E-state index in [9.17, 15) is 13.2 Å². The highest BCUT2D eigenvalue weighted by Crippen LogP contribution is 2.30. The maximum Gasteiger partial charge on any atom is 0.255 e. The van der Waals surface area contributed by atoms with Crippen LogP contribution in [0.4, 0.5) is 5.69 Å². The molecule has 1 N–H and O–H groups in total. The van der Waals surface area contributed by atoms with Gasteiger partial charge in [-0.2, -0.15) is 9.40 Å². The lowest BCUT2D eigenvalue weighted by molar-refractivity contribution is 0.102. The molecule has 0 bridgehead atoms. The van der Waals surface area contributed by atoms with E-state index in [2.05, 4.69) is 10.4 Å². The fourth-order valence-electron chi connectivity index (χ4n) is 3.60. The number of sulfonamides is 1. The van der Waals surface area contributed by atoms with E-state index in [1.165, 1.54) is 16.4 Å². The monoisotopic (exact) mass is 470 g/mol. The van der Waals surface area contributed by atoms with Crippen LogP contribution in [0.5, 0.6) is 5.75 Å². The van der Waals surface area contributed by atoms with Crippen LogP contribution in [-0.4, -0.2) is 48.1 Å². The molecule has 1 amide bonds. The number of nitrogens with zero attached hydrogens (tertiary/aromatic N) is 3. The molecule has 176 valence electrons. The topological polar surface area (TPSA) is 93.5 Å². The van der Waals surface area contributed by atoms with Gasteiger partial charge in [0.15, 0.2) is 0 Å². The van der Waals surface area contributed by atoms with E-state index in [4.69, 9.17) is 4.74 Å². The first-order chi connectivity index (χ1) is 15.7. The van der Waals surface area contributed by atoms with Crippen LogP contribution in [-0.2, 0) is 10.0 Å². The van der Waals surface area contributed by atoms with Crippen molar-refractivity contribution in [1.82, 2.24) is 14.1 Å². The molecule has 0 spiro atoms. The molecule has 0 aliphatic heterocycles. The number of benzene rings is 2. The summed E-state index contributed by atoms with van der Waals surface area (Å²) in [6, 6.07) is 13.5. The van der Waals surface area contributed by atoms with Gasteiger partial charge in [-0.1, -0.05) is 13.8 Å². The van der Waals surface area contributed by atoms with Gasteiger partial charge in [-0.05, 0) is 69.3 Å². The molecule has 0 saturated carbocycles. The van der Waals surface area contributed by atoms with E-state index in [1.807, 2.05) is 43.7 Å². The van der Waals surface area contributed by atoms with Gasteiger partial charge >= 0.3 is 0 Å². The highest BCUT2D eigenvalue weighted by atomic mass is 32.2. The number of carbonyl (C=O) groups excluding carboxylic acids is 1. The molecule has 8 nitrogen and oxygen atoms in total.